The molecule has 0 amide bonds. The Morgan fingerprint density at radius 2 is 1.76 bits per heavy atom. The second-order valence-corrected chi connectivity index (χ2v) is 5.12. The smallest absolute Gasteiger partial charge is 0.194 e. The summed E-state index contributed by atoms with van der Waals surface area (Å²) >= 11 is 0. The molecule has 0 aliphatic rings. The van der Waals surface area contributed by atoms with Crippen molar-refractivity contribution in [1.29, 1.82) is 0 Å². The highest BCUT2D eigenvalue weighted by molar-refractivity contribution is 5.33. The van der Waals surface area contributed by atoms with E-state index < -0.39 is 23.5 Å². The van der Waals surface area contributed by atoms with Crippen LogP contribution >= 0.6 is 0 Å². The lowest BCUT2D eigenvalue weighted by atomic mass is 9.95. The molecule has 5 heteroatoms. The van der Waals surface area contributed by atoms with Crippen molar-refractivity contribution in [2.45, 2.75) is 26.3 Å². The summed E-state index contributed by atoms with van der Waals surface area (Å²) in [5.41, 5.74) is 5.56. The molecule has 2 aromatic rings. The first-order valence-corrected chi connectivity index (χ1v) is 6.59. The second-order valence-electron chi connectivity index (χ2n) is 5.12. The van der Waals surface area contributed by atoms with Crippen molar-refractivity contribution < 1.29 is 13.2 Å². The molecule has 21 heavy (non-hydrogen) atoms. The minimum atomic E-state index is -1.48. The van der Waals surface area contributed by atoms with Gasteiger partial charge in [0.05, 0.1) is 6.04 Å². The van der Waals surface area contributed by atoms with Crippen molar-refractivity contribution in [3.05, 3.63) is 70.0 Å². The summed E-state index contributed by atoms with van der Waals surface area (Å²) in [5, 5.41) is 0. The lowest BCUT2D eigenvalue weighted by Crippen LogP contribution is -2.30. The van der Waals surface area contributed by atoms with Crippen molar-refractivity contribution in [1.82, 2.24) is 5.43 Å². The van der Waals surface area contributed by atoms with Gasteiger partial charge in [0, 0.05) is 5.56 Å². The SMILES string of the molecule is Cc1ccc(C)c(CC(NN)c2ccc(F)c(F)c2F)c1. The fraction of sp³-hybridized carbons (Fsp3) is 0.250. The van der Waals surface area contributed by atoms with E-state index in [9.17, 15) is 13.2 Å². The molecular formula is C16H17F3N2. The second kappa shape index (κ2) is 6.28. The van der Waals surface area contributed by atoms with E-state index in [1.165, 1.54) is 6.07 Å². The summed E-state index contributed by atoms with van der Waals surface area (Å²) in [6.07, 6.45) is 0.381. The molecule has 2 nitrogen and oxygen atoms in total. The normalized spacial score (nSPS) is 12.5. The van der Waals surface area contributed by atoms with Crippen molar-refractivity contribution >= 4 is 0 Å². The van der Waals surface area contributed by atoms with Gasteiger partial charge in [-0.15, -0.1) is 0 Å². The van der Waals surface area contributed by atoms with Crippen molar-refractivity contribution in [3.8, 4) is 0 Å². The van der Waals surface area contributed by atoms with E-state index in [4.69, 9.17) is 5.84 Å². The quantitative estimate of drug-likeness (QED) is 0.515. The van der Waals surface area contributed by atoms with E-state index >= 15 is 0 Å². The number of nitrogens with one attached hydrogen (secondary N) is 1. The fourth-order valence-electron chi connectivity index (χ4n) is 2.31. The van der Waals surface area contributed by atoms with E-state index in [0.29, 0.717) is 6.42 Å². The van der Waals surface area contributed by atoms with Crippen molar-refractivity contribution in [2.24, 2.45) is 5.84 Å². The summed E-state index contributed by atoms with van der Waals surface area (Å²) in [6, 6.07) is 7.38. The lowest BCUT2D eigenvalue weighted by molar-refractivity contribution is 0.424. The monoisotopic (exact) mass is 294 g/mol. The van der Waals surface area contributed by atoms with E-state index in [2.05, 4.69) is 5.43 Å². The van der Waals surface area contributed by atoms with Gasteiger partial charge in [-0.2, -0.15) is 0 Å². The van der Waals surface area contributed by atoms with Crippen LogP contribution in [0, 0.1) is 31.3 Å². The Morgan fingerprint density at radius 3 is 2.43 bits per heavy atom. The van der Waals surface area contributed by atoms with Crippen LogP contribution in [-0.2, 0) is 6.42 Å². The van der Waals surface area contributed by atoms with Gasteiger partial charge in [0.2, 0.25) is 0 Å². The number of benzene rings is 2. The molecule has 0 aliphatic heterocycles. The van der Waals surface area contributed by atoms with E-state index in [1.807, 2.05) is 32.0 Å². The zero-order chi connectivity index (χ0) is 15.6. The zero-order valence-electron chi connectivity index (χ0n) is 11.9. The first-order chi connectivity index (χ1) is 9.93. The molecule has 0 heterocycles. The molecule has 0 saturated heterocycles. The number of hydrazine groups is 1. The van der Waals surface area contributed by atoms with Gasteiger partial charge in [0.15, 0.2) is 17.5 Å². The number of hydrogen-bond donors (Lipinski definition) is 2. The highest BCUT2D eigenvalue weighted by atomic mass is 19.2. The number of halogens is 3. The minimum absolute atomic E-state index is 0.0114. The lowest BCUT2D eigenvalue weighted by Gasteiger charge is -2.19. The Kier molecular flexibility index (Phi) is 4.65. The predicted octanol–water partition coefficient (Wildman–Crippen LogP) is 3.47. The standard InChI is InChI=1S/C16H17F3N2/c1-9-3-4-10(2)11(7-9)8-14(21-20)12-5-6-13(17)16(19)15(12)18/h3-7,14,21H,8,20H2,1-2H3. The molecule has 0 spiro atoms. The van der Waals surface area contributed by atoms with Crippen LogP contribution in [0.1, 0.15) is 28.3 Å². The van der Waals surface area contributed by atoms with Crippen molar-refractivity contribution in [3.63, 3.8) is 0 Å². The molecule has 0 bridgehead atoms. The molecule has 2 rings (SSSR count). The molecule has 112 valence electrons. The van der Waals surface area contributed by atoms with Gasteiger partial charge in [-0.25, -0.2) is 13.2 Å². The average Bonchev–Trinajstić information content (AvgIpc) is 2.46. The maximum atomic E-state index is 13.9. The molecule has 0 aromatic heterocycles. The molecule has 2 aromatic carbocycles. The van der Waals surface area contributed by atoms with E-state index in [0.717, 1.165) is 22.8 Å². The topological polar surface area (TPSA) is 38.0 Å². The molecule has 0 radical (unpaired) electrons. The Bertz CT molecular complexity index is 656. The van der Waals surface area contributed by atoms with Crippen LogP contribution in [0.5, 0.6) is 0 Å². The third-order valence-electron chi connectivity index (χ3n) is 3.57. The maximum absolute atomic E-state index is 13.9. The first-order valence-electron chi connectivity index (χ1n) is 6.59. The molecule has 1 unspecified atom stereocenters. The highest BCUT2D eigenvalue weighted by Gasteiger charge is 2.21. The van der Waals surface area contributed by atoms with Crippen molar-refractivity contribution in [2.75, 3.05) is 0 Å². The fourth-order valence-corrected chi connectivity index (χ4v) is 2.31. The van der Waals surface area contributed by atoms with Crippen LogP contribution in [0.2, 0.25) is 0 Å². The number of rotatable bonds is 4. The van der Waals surface area contributed by atoms with Crippen LogP contribution in [0.3, 0.4) is 0 Å². The van der Waals surface area contributed by atoms with Gasteiger partial charge in [-0.3, -0.25) is 11.3 Å². The Balaban J connectivity index is 2.37. The molecule has 0 fully saturated rings. The molecule has 0 aliphatic carbocycles. The Hall–Kier alpha value is -1.85. The van der Waals surface area contributed by atoms with Gasteiger partial charge < -0.3 is 0 Å². The minimum Gasteiger partial charge on any atom is -0.271 e. The third kappa shape index (κ3) is 3.25. The van der Waals surface area contributed by atoms with E-state index in [-0.39, 0.29) is 5.56 Å². The van der Waals surface area contributed by atoms with E-state index in [1.54, 1.807) is 0 Å². The van der Waals surface area contributed by atoms with Gasteiger partial charge >= 0.3 is 0 Å². The highest BCUT2D eigenvalue weighted by Crippen LogP contribution is 2.25. The average molecular weight is 294 g/mol. The van der Waals surface area contributed by atoms with Crippen LogP contribution in [0.25, 0.3) is 0 Å². The predicted molar refractivity (Wildman–Crippen MR) is 76.0 cm³/mol. The molecule has 1 atom stereocenters. The first kappa shape index (κ1) is 15.5. The number of hydrogen-bond acceptors (Lipinski definition) is 2. The summed E-state index contributed by atoms with van der Waals surface area (Å²) in [6.45, 7) is 3.88. The summed E-state index contributed by atoms with van der Waals surface area (Å²) in [7, 11) is 0. The van der Waals surface area contributed by atoms with Crippen LogP contribution in [0.4, 0.5) is 13.2 Å². The number of aryl methyl sites for hydroxylation is 2. The summed E-state index contributed by atoms with van der Waals surface area (Å²) < 4.78 is 40.2. The Morgan fingerprint density at radius 1 is 1.05 bits per heavy atom. The third-order valence-corrected chi connectivity index (χ3v) is 3.57. The maximum Gasteiger partial charge on any atom is 0.194 e. The molecule has 0 saturated carbocycles. The largest absolute Gasteiger partial charge is 0.271 e. The summed E-state index contributed by atoms with van der Waals surface area (Å²) in [5.74, 6) is 1.57. The van der Waals surface area contributed by atoms with Crippen LogP contribution in [0.15, 0.2) is 30.3 Å². The molecular weight excluding hydrogens is 277 g/mol. The van der Waals surface area contributed by atoms with Gasteiger partial charge in [-0.1, -0.05) is 29.8 Å². The number of nitrogens with two attached hydrogens (primary N) is 1. The van der Waals surface area contributed by atoms with Crippen LogP contribution in [-0.4, -0.2) is 0 Å². The van der Waals surface area contributed by atoms with Gasteiger partial charge in [-0.05, 0) is 37.5 Å². The summed E-state index contributed by atoms with van der Waals surface area (Å²) in [4.78, 5) is 0. The van der Waals surface area contributed by atoms with Gasteiger partial charge in [0.25, 0.3) is 0 Å². The van der Waals surface area contributed by atoms with Crippen LogP contribution < -0.4 is 11.3 Å². The van der Waals surface area contributed by atoms with Gasteiger partial charge in [0.1, 0.15) is 0 Å². The zero-order valence-corrected chi connectivity index (χ0v) is 11.9. The molecule has 3 N–H and O–H groups in total. The Labute approximate surface area is 121 Å².